The van der Waals surface area contributed by atoms with Gasteiger partial charge in [-0.2, -0.15) is 15.0 Å². The number of nitrogens with zero attached hydrogens (tertiary/aromatic N) is 5. The molecule has 4 rings (SSSR count). The van der Waals surface area contributed by atoms with Gasteiger partial charge in [-0.3, -0.25) is 4.79 Å². The van der Waals surface area contributed by atoms with Crippen LogP contribution in [0.25, 0.3) is 11.3 Å². The number of oxazole rings is 2. The number of methoxy groups -OCH3 is 1. The molecular formula is C19H17FN6O4. The Balaban J connectivity index is 1.52. The van der Waals surface area contributed by atoms with Crippen LogP contribution >= 0.6 is 0 Å². The number of primary amides is 1. The van der Waals surface area contributed by atoms with Gasteiger partial charge in [-0.15, -0.1) is 0 Å². The highest BCUT2D eigenvalue weighted by molar-refractivity contribution is 5.96. The molecule has 154 valence electrons. The summed E-state index contributed by atoms with van der Waals surface area (Å²) in [5.74, 6) is -0.499. The third kappa shape index (κ3) is 4.25. The number of nitrogens with two attached hydrogens (primary N) is 1. The van der Waals surface area contributed by atoms with Gasteiger partial charge in [0.1, 0.15) is 24.3 Å². The minimum absolute atomic E-state index is 0.0755. The Hall–Kier alpha value is -3.86. The number of hydrogen-bond acceptors (Lipinski definition) is 8. The molecule has 1 amide bonds. The van der Waals surface area contributed by atoms with Crippen LogP contribution in [0.4, 0.5) is 4.39 Å². The first-order valence-electron chi connectivity index (χ1n) is 8.88. The fraction of sp³-hybridized carbons (Fsp3) is 0.211. The Labute approximate surface area is 169 Å². The average molecular weight is 412 g/mol. The van der Waals surface area contributed by atoms with Gasteiger partial charge < -0.3 is 19.3 Å². The maximum atomic E-state index is 13.5. The highest BCUT2D eigenvalue weighted by Crippen LogP contribution is 2.26. The summed E-state index contributed by atoms with van der Waals surface area (Å²) in [6, 6.07) is 5.63. The molecule has 0 spiro atoms. The van der Waals surface area contributed by atoms with Gasteiger partial charge in [0.25, 0.3) is 5.91 Å². The number of carbonyl (C=O) groups excluding carboxylic acids is 1. The number of ether oxygens (including phenoxy) is 1. The summed E-state index contributed by atoms with van der Waals surface area (Å²) in [6.45, 7) is 0.581. The fourth-order valence-electron chi connectivity index (χ4n) is 2.83. The van der Waals surface area contributed by atoms with Crippen molar-refractivity contribution in [3.63, 3.8) is 0 Å². The quantitative estimate of drug-likeness (QED) is 0.464. The Morgan fingerprint density at radius 1 is 1.27 bits per heavy atom. The molecule has 0 bridgehead atoms. The molecule has 0 saturated carbocycles. The van der Waals surface area contributed by atoms with Crippen LogP contribution < -0.4 is 5.73 Å². The van der Waals surface area contributed by atoms with Gasteiger partial charge in [-0.05, 0) is 12.1 Å². The topological polar surface area (TPSA) is 135 Å². The normalized spacial score (nSPS) is 11.1. The van der Waals surface area contributed by atoms with Crippen LogP contribution in [0, 0.1) is 5.82 Å². The van der Waals surface area contributed by atoms with Crippen LogP contribution in [-0.2, 0) is 24.3 Å². The number of amides is 1. The van der Waals surface area contributed by atoms with E-state index in [1.807, 2.05) is 0 Å². The molecule has 2 N–H and O–H groups in total. The Kier molecular flexibility index (Phi) is 5.35. The lowest BCUT2D eigenvalue weighted by Crippen LogP contribution is -2.12. The lowest BCUT2D eigenvalue weighted by molar-refractivity contribution is 0.0996. The molecule has 0 radical (unpaired) electrons. The zero-order valence-corrected chi connectivity index (χ0v) is 15.9. The molecule has 0 aliphatic carbocycles. The maximum absolute atomic E-state index is 13.5. The standard InChI is InChI=1S/C19H17FN6O4/c1-28-9-14-10-29-16(23-14)8-26-22-7-13(25-26)6-15-24-17(19(21)27)18(30-15)11-3-2-4-12(20)5-11/h2-5,7,10H,6,8-9H2,1H3,(H2,21,27). The first kappa shape index (κ1) is 19.5. The number of halogens is 1. The number of aromatic nitrogens is 5. The molecule has 0 unspecified atom stereocenters. The predicted molar refractivity (Wildman–Crippen MR) is 99.6 cm³/mol. The van der Waals surface area contributed by atoms with Crippen LogP contribution in [0.15, 0.2) is 45.6 Å². The molecule has 1 aromatic carbocycles. The molecule has 10 nitrogen and oxygen atoms in total. The summed E-state index contributed by atoms with van der Waals surface area (Å²) < 4.78 is 29.6. The van der Waals surface area contributed by atoms with E-state index in [1.54, 1.807) is 13.2 Å². The Morgan fingerprint density at radius 2 is 2.13 bits per heavy atom. The third-order valence-electron chi connectivity index (χ3n) is 4.08. The van der Waals surface area contributed by atoms with Crippen molar-refractivity contribution in [3.8, 4) is 11.3 Å². The summed E-state index contributed by atoms with van der Waals surface area (Å²) in [4.78, 5) is 21.6. The SMILES string of the molecule is COCc1coc(Cn2ncc(Cc3nc(C(N)=O)c(-c4cccc(F)c4)o3)n2)n1. The van der Waals surface area contributed by atoms with Gasteiger partial charge in [0, 0.05) is 12.7 Å². The van der Waals surface area contributed by atoms with Gasteiger partial charge in [0.15, 0.2) is 11.5 Å². The monoisotopic (exact) mass is 412 g/mol. The van der Waals surface area contributed by atoms with Crippen molar-refractivity contribution in [1.82, 2.24) is 25.0 Å². The van der Waals surface area contributed by atoms with E-state index >= 15 is 0 Å². The molecule has 3 heterocycles. The maximum Gasteiger partial charge on any atom is 0.271 e. The number of carbonyl (C=O) groups is 1. The van der Waals surface area contributed by atoms with Crippen molar-refractivity contribution in [2.45, 2.75) is 19.6 Å². The van der Waals surface area contributed by atoms with Crippen LogP contribution in [-0.4, -0.2) is 38.0 Å². The summed E-state index contributed by atoms with van der Waals surface area (Å²) in [5, 5.41) is 8.49. The highest BCUT2D eigenvalue weighted by Gasteiger charge is 2.21. The Bertz CT molecular complexity index is 1180. The van der Waals surface area contributed by atoms with Crippen molar-refractivity contribution in [2.75, 3.05) is 7.11 Å². The Morgan fingerprint density at radius 3 is 2.90 bits per heavy atom. The van der Waals surface area contributed by atoms with Crippen LogP contribution in [0.1, 0.15) is 33.7 Å². The second kappa shape index (κ2) is 8.25. The number of rotatable bonds is 8. The zero-order chi connectivity index (χ0) is 21.1. The van der Waals surface area contributed by atoms with Crippen molar-refractivity contribution in [2.24, 2.45) is 5.73 Å². The zero-order valence-electron chi connectivity index (χ0n) is 15.9. The van der Waals surface area contributed by atoms with E-state index in [0.717, 1.165) is 0 Å². The summed E-state index contributed by atoms with van der Waals surface area (Å²) >= 11 is 0. The van der Waals surface area contributed by atoms with Crippen molar-refractivity contribution in [1.29, 1.82) is 0 Å². The van der Waals surface area contributed by atoms with E-state index in [0.29, 0.717) is 29.4 Å². The minimum atomic E-state index is -0.774. The van der Waals surface area contributed by atoms with E-state index in [4.69, 9.17) is 19.3 Å². The van der Waals surface area contributed by atoms with Crippen LogP contribution in [0.5, 0.6) is 0 Å². The molecule has 0 saturated heterocycles. The van der Waals surface area contributed by atoms with Crippen molar-refractivity contribution in [3.05, 3.63) is 71.4 Å². The van der Waals surface area contributed by atoms with Crippen molar-refractivity contribution < 1.29 is 22.8 Å². The summed E-state index contributed by atoms with van der Waals surface area (Å²) in [6.07, 6.45) is 3.21. The molecule has 11 heteroatoms. The fourth-order valence-corrected chi connectivity index (χ4v) is 2.83. The number of hydrogen-bond donors (Lipinski definition) is 1. The summed E-state index contributed by atoms with van der Waals surface area (Å²) in [7, 11) is 1.57. The smallest absolute Gasteiger partial charge is 0.271 e. The highest BCUT2D eigenvalue weighted by atomic mass is 19.1. The largest absolute Gasteiger partial charge is 0.446 e. The second-order valence-electron chi connectivity index (χ2n) is 6.37. The second-order valence-corrected chi connectivity index (χ2v) is 6.37. The molecule has 30 heavy (non-hydrogen) atoms. The van der Waals surface area contributed by atoms with Crippen molar-refractivity contribution >= 4 is 5.91 Å². The molecule has 0 aliphatic heterocycles. The average Bonchev–Trinajstić information content (AvgIpc) is 3.43. The van der Waals surface area contributed by atoms with Gasteiger partial charge in [-0.25, -0.2) is 14.4 Å². The lowest BCUT2D eigenvalue weighted by Gasteiger charge is -1.98. The van der Waals surface area contributed by atoms with Gasteiger partial charge in [0.05, 0.1) is 24.9 Å². The molecule has 4 aromatic rings. The summed E-state index contributed by atoms with van der Waals surface area (Å²) in [5.41, 5.74) is 6.90. The first-order chi connectivity index (χ1) is 14.5. The van der Waals surface area contributed by atoms with Crippen LogP contribution in [0.3, 0.4) is 0 Å². The van der Waals surface area contributed by atoms with Gasteiger partial charge in [0.2, 0.25) is 11.8 Å². The first-order valence-corrected chi connectivity index (χ1v) is 8.88. The molecule has 0 fully saturated rings. The van der Waals surface area contributed by atoms with E-state index in [9.17, 15) is 9.18 Å². The predicted octanol–water partition coefficient (Wildman–Crippen LogP) is 1.94. The molecule has 0 aliphatic rings. The molecule has 0 atom stereocenters. The van der Waals surface area contributed by atoms with E-state index in [1.165, 1.54) is 35.5 Å². The molecule has 3 aromatic heterocycles. The van der Waals surface area contributed by atoms with E-state index < -0.39 is 11.7 Å². The lowest BCUT2D eigenvalue weighted by atomic mass is 10.1. The number of benzene rings is 1. The van der Waals surface area contributed by atoms with E-state index in [-0.39, 0.29) is 30.3 Å². The third-order valence-corrected chi connectivity index (χ3v) is 4.08. The van der Waals surface area contributed by atoms with Gasteiger partial charge >= 0.3 is 0 Å². The van der Waals surface area contributed by atoms with E-state index in [2.05, 4.69) is 20.2 Å². The van der Waals surface area contributed by atoms with Gasteiger partial charge in [-0.1, -0.05) is 12.1 Å². The van der Waals surface area contributed by atoms with Crippen LogP contribution in [0.2, 0.25) is 0 Å². The molecular weight excluding hydrogens is 395 g/mol. The minimum Gasteiger partial charge on any atom is -0.446 e.